The van der Waals surface area contributed by atoms with Crippen LogP contribution >= 0.6 is 0 Å². The van der Waals surface area contributed by atoms with Gasteiger partial charge in [-0.15, -0.1) is 0 Å². The Morgan fingerprint density at radius 3 is 2.48 bits per heavy atom. The third-order valence-corrected chi connectivity index (χ3v) is 3.69. The van der Waals surface area contributed by atoms with Crippen LogP contribution in [0.3, 0.4) is 0 Å². The highest BCUT2D eigenvalue weighted by atomic mass is 16.6. The van der Waals surface area contributed by atoms with Crippen molar-refractivity contribution in [2.75, 3.05) is 14.2 Å². The molecule has 0 saturated heterocycles. The van der Waals surface area contributed by atoms with E-state index in [9.17, 15) is 20.0 Å². The van der Waals surface area contributed by atoms with Gasteiger partial charge in [-0.05, 0) is 5.56 Å². The number of rotatable bonds is 8. The predicted molar refractivity (Wildman–Crippen MR) is 99.4 cm³/mol. The van der Waals surface area contributed by atoms with Crippen molar-refractivity contribution in [3.05, 3.63) is 81.6 Å². The van der Waals surface area contributed by atoms with Crippen LogP contribution in [0.25, 0.3) is 5.57 Å². The molecular weight excluding hydrogens is 352 g/mol. The molecule has 1 N–H and O–H groups in total. The molecule has 0 amide bonds. The van der Waals surface area contributed by atoms with Gasteiger partial charge in [-0.1, -0.05) is 41.6 Å². The quantitative estimate of drug-likeness (QED) is 0.251. The molecule has 0 atom stereocenters. The van der Waals surface area contributed by atoms with Crippen LogP contribution < -0.4 is 0 Å². The number of nitro groups is 1. The van der Waals surface area contributed by atoms with E-state index in [4.69, 9.17) is 9.57 Å². The predicted octanol–water partition coefficient (Wildman–Crippen LogP) is 3.26. The fraction of sp³-hybridized carbons (Fsp3) is 0.158. The zero-order chi connectivity index (χ0) is 19.8. The van der Waals surface area contributed by atoms with Gasteiger partial charge in [0.15, 0.2) is 0 Å². The van der Waals surface area contributed by atoms with Gasteiger partial charge in [0.05, 0.1) is 24.0 Å². The number of hydrogen-bond donors (Lipinski definition) is 1. The molecule has 8 heteroatoms. The summed E-state index contributed by atoms with van der Waals surface area (Å²) < 4.78 is 4.89. The van der Waals surface area contributed by atoms with Gasteiger partial charge in [0.2, 0.25) is 0 Å². The first-order valence-electron chi connectivity index (χ1n) is 7.87. The van der Waals surface area contributed by atoms with Crippen LogP contribution in [0.5, 0.6) is 0 Å². The molecule has 0 unspecified atom stereocenters. The third kappa shape index (κ3) is 4.91. The van der Waals surface area contributed by atoms with Gasteiger partial charge >= 0.3 is 5.97 Å². The summed E-state index contributed by atoms with van der Waals surface area (Å²) in [5.74, 6) is -1.16. The maximum Gasteiger partial charge on any atom is 0.339 e. The van der Waals surface area contributed by atoms with Gasteiger partial charge in [0, 0.05) is 29.7 Å². The van der Waals surface area contributed by atoms with E-state index in [-0.39, 0.29) is 17.7 Å². The second kappa shape index (κ2) is 9.14. The molecule has 0 aromatic heterocycles. The zero-order valence-corrected chi connectivity index (χ0v) is 14.8. The lowest BCUT2D eigenvalue weighted by molar-refractivity contribution is -0.384. The Hall–Kier alpha value is -3.68. The van der Waals surface area contributed by atoms with E-state index < -0.39 is 10.9 Å². The molecule has 0 bridgehead atoms. The minimum Gasteiger partial charge on any atom is -0.503 e. The molecule has 2 aromatic rings. The lowest BCUT2D eigenvalue weighted by Gasteiger charge is -2.12. The summed E-state index contributed by atoms with van der Waals surface area (Å²) in [7, 11) is 2.73. The maximum atomic E-state index is 11.6. The number of carboxylic acid groups (broad SMARTS) is 1. The molecule has 2 aromatic carbocycles. The standard InChI is InChI=1S/C19H18N2O6/c1-26-12-17(19(22)23)15-8-3-4-9-16(15)18(20-27-2)11-13-6-5-7-14(10-13)21(24)25/h3-10,12H,11H2,1-2H3,(H,22,23)/b17-12+,20-18?. The summed E-state index contributed by atoms with van der Waals surface area (Å²) in [6, 6.07) is 12.9. The molecule has 0 spiro atoms. The number of hydrogen-bond acceptors (Lipinski definition) is 6. The average molecular weight is 370 g/mol. The second-order valence-electron chi connectivity index (χ2n) is 5.44. The summed E-state index contributed by atoms with van der Waals surface area (Å²) in [6.45, 7) is 0. The molecule has 27 heavy (non-hydrogen) atoms. The summed E-state index contributed by atoms with van der Waals surface area (Å²) in [6.07, 6.45) is 1.35. The normalized spacial score (nSPS) is 11.8. The molecule has 0 radical (unpaired) electrons. The van der Waals surface area contributed by atoms with Crippen molar-refractivity contribution in [3.63, 3.8) is 0 Å². The van der Waals surface area contributed by atoms with Crippen molar-refractivity contribution in [1.82, 2.24) is 0 Å². The number of methoxy groups -OCH3 is 1. The number of carbonyl (C=O) groups is 1. The van der Waals surface area contributed by atoms with Gasteiger partial charge in [0.1, 0.15) is 12.7 Å². The Morgan fingerprint density at radius 1 is 1.19 bits per heavy atom. The van der Waals surface area contributed by atoms with Crippen LogP contribution in [0.15, 0.2) is 59.9 Å². The van der Waals surface area contributed by atoms with E-state index in [0.717, 1.165) is 6.26 Å². The van der Waals surface area contributed by atoms with Crippen LogP contribution in [0.1, 0.15) is 16.7 Å². The number of ether oxygens (including phenoxy) is 1. The second-order valence-corrected chi connectivity index (χ2v) is 5.44. The largest absolute Gasteiger partial charge is 0.503 e. The minimum absolute atomic E-state index is 0.0388. The highest BCUT2D eigenvalue weighted by molar-refractivity contribution is 6.19. The summed E-state index contributed by atoms with van der Waals surface area (Å²) in [4.78, 5) is 27.0. The van der Waals surface area contributed by atoms with Crippen molar-refractivity contribution in [2.45, 2.75) is 6.42 Å². The fourth-order valence-corrected chi connectivity index (χ4v) is 2.58. The number of nitrogens with zero attached hydrogens (tertiary/aromatic N) is 2. The monoisotopic (exact) mass is 370 g/mol. The van der Waals surface area contributed by atoms with Crippen LogP contribution in [0.2, 0.25) is 0 Å². The molecule has 0 heterocycles. The fourth-order valence-electron chi connectivity index (χ4n) is 2.58. The van der Waals surface area contributed by atoms with E-state index in [0.29, 0.717) is 22.4 Å². The van der Waals surface area contributed by atoms with Gasteiger partial charge in [-0.3, -0.25) is 10.1 Å². The Kier molecular flexibility index (Phi) is 6.65. The van der Waals surface area contributed by atoms with Crippen molar-refractivity contribution < 1.29 is 24.4 Å². The first-order valence-corrected chi connectivity index (χ1v) is 7.87. The first-order chi connectivity index (χ1) is 13.0. The summed E-state index contributed by atoms with van der Waals surface area (Å²) in [5.41, 5.74) is 1.91. The molecule has 0 aliphatic heterocycles. The van der Waals surface area contributed by atoms with Crippen molar-refractivity contribution in [3.8, 4) is 0 Å². The van der Waals surface area contributed by atoms with E-state index in [1.165, 1.54) is 26.4 Å². The summed E-state index contributed by atoms with van der Waals surface area (Å²) in [5, 5.41) is 24.5. The number of nitro benzene ring substituents is 1. The van der Waals surface area contributed by atoms with E-state index in [1.54, 1.807) is 36.4 Å². The smallest absolute Gasteiger partial charge is 0.339 e. The Morgan fingerprint density at radius 2 is 1.89 bits per heavy atom. The number of carboxylic acids is 1. The molecule has 140 valence electrons. The lowest BCUT2D eigenvalue weighted by atomic mass is 9.94. The van der Waals surface area contributed by atoms with Crippen molar-refractivity contribution in [2.24, 2.45) is 5.16 Å². The van der Waals surface area contributed by atoms with Crippen molar-refractivity contribution >= 4 is 22.9 Å². The molecule has 2 rings (SSSR count). The Labute approximate surface area is 155 Å². The molecule has 0 aliphatic rings. The molecule has 0 fully saturated rings. The number of benzene rings is 2. The average Bonchev–Trinajstić information content (AvgIpc) is 2.66. The zero-order valence-electron chi connectivity index (χ0n) is 14.8. The van der Waals surface area contributed by atoms with Crippen LogP contribution in [0.4, 0.5) is 5.69 Å². The Bertz CT molecular complexity index is 905. The Balaban J connectivity index is 2.51. The highest BCUT2D eigenvalue weighted by Gasteiger charge is 2.19. The SMILES string of the molecule is CO/C=C(/C(=O)O)c1ccccc1C(Cc1cccc([N+](=O)[O-])c1)=NOC. The van der Waals surface area contributed by atoms with Gasteiger partial charge in [-0.25, -0.2) is 4.79 Å². The van der Waals surface area contributed by atoms with Gasteiger partial charge < -0.3 is 14.7 Å². The van der Waals surface area contributed by atoms with E-state index >= 15 is 0 Å². The summed E-state index contributed by atoms with van der Waals surface area (Å²) >= 11 is 0. The lowest BCUT2D eigenvalue weighted by Crippen LogP contribution is -2.12. The highest BCUT2D eigenvalue weighted by Crippen LogP contribution is 2.23. The van der Waals surface area contributed by atoms with Gasteiger partial charge in [-0.2, -0.15) is 0 Å². The van der Waals surface area contributed by atoms with Gasteiger partial charge in [0.25, 0.3) is 5.69 Å². The van der Waals surface area contributed by atoms with Crippen molar-refractivity contribution in [1.29, 1.82) is 0 Å². The minimum atomic E-state index is -1.16. The third-order valence-electron chi connectivity index (χ3n) is 3.69. The number of oxime groups is 1. The molecular formula is C19H18N2O6. The first kappa shape index (κ1) is 19.6. The molecule has 0 saturated carbocycles. The molecule has 0 aliphatic carbocycles. The van der Waals surface area contributed by atoms with Crippen LogP contribution in [-0.4, -0.2) is 35.9 Å². The number of non-ortho nitro benzene ring substituents is 1. The van der Waals surface area contributed by atoms with E-state index in [2.05, 4.69) is 5.16 Å². The van der Waals surface area contributed by atoms with Crippen LogP contribution in [0, 0.1) is 10.1 Å². The number of aliphatic carboxylic acids is 1. The maximum absolute atomic E-state index is 11.6. The van der Waals surface area contributed by atoms with E-state index in [1.807, 2.05) is 0 Å². The topological polar surface area (TPSA) is 111 Å². The molecule has 8 nitrogen and oxygen atoms in total. The van der Waals surface area contributed by atoms with Crippen LogP contribution in [-0.2, 0) is 20.8 Å².